The summed E-state index contributed by atoms with van der Waals surface area (Å²) in [6, 6.07) is 8.77. The molecule has 1 aromatic carbocycles. The summed E-state index contributed by atoms with van der Waals surface area (Å²) in [5.74, 6) is 0.447. The molecular formula is C20H23N5O4S. The van der Waals surface area contributed by atoms with Crippen LogP contribution in [0.2, 0.25) is 0 Å². The Labute approximate surface area is 178 Å². The number of nitrogens with one attached hydrogen (secondary N) is 2. The molecule has 30 heavy (non-hydrogen) atoms. The van der Waals surface area contributed by atoms with Gasteiger partial charge in [0.15, 0.2) is 5.69 Å². The molecule has 0 aliphatic carbocycles. The smallest absolute Gasteiger partial charge is 0.273 e. The van der Waals surface area contributed by atoms with Crippen LogP contribution in [0.15, 0.2) is 41.9 Å². The highest BCUT2D eigenvalue weighted by atomic mass is 32.1. The van der Waals surface area contributed by atoms with E-state index in [1.54, 1.807) is 42.8 Å². The largest absolute Gasteiger partial charge is 0.497 e. The van der Waals surface area contributed by atoms with Gasteiger partial charge in [0.2, 0.25) is 0 Å². The van der Waals surface area contributed by atoms with Gasteiger partial charge in [-0.15, -0.1) is 16.4 Å². The van der Waals surface area contributed by atoms with Crippen molar-refractivity contribution in [2.75, 3.05) is 20.8 Å². The third-order valence-corrected chi connectivity index (χ3v) is 5.42. The van der Waals surface area contributed by atoms with Crippen molar-refractivity contribution in [3.63, 3.8) is 0 Å². The summed E-state index contributed by atoms with van der Waals surface area (Å²) >= 11 is 1.58. The number of aromatic nitrogens is 3. The maximum Gasteiger partial charge on any atom is 0.273 e. The third-order valence-electron chi connectivity index (χ3n) is 4.37. The lowest BCUT2D eigenvalue weighted by atomic mass is 10.1. The summed E-state index contributed by atoms with van der Waals surface area (Å²) in [7, 11) is 3.04. The first-order valence-corrected chi connectivity index (χ1v) is 10.1. The van der Waals surface area contributed by atoms with Crippen LogP contribution in [0.3, 0.4) is 0 Å². The molecule has 2 aromatic heterocycles. The van der Waals surface area contributed by atoms with Gasteiger partial charge in [0, 0.05) is 17.5 Å². The Morgan fingerprint density at radius 3 is 2.73 bits per heavy atom. The Balaban J connectivity index is 1.52. The molecule has 0 saturated heterocycles. The van der Waals surface area contributed by atoms with Crippen molar-refractivity contribution >= 4 is 23.2 Å². The molecule has 0 aliphatic heterocycles. The van der Waals surface area contributed by atoms with Crippen LogP contribution in [0.25, 0.3) is 0 Å². The van der Waals surface area contributed by atoms with Gasteiger partial charge in [-0.3, -0.25) is 9.59 Å². The molecule has 0 fully saturated rings. The van der Waals surface area contributed by atoms with Gasteiger partial charge in [-0.05, 0) is 30.5 Å². The second-order valence-corrected chi connectivity index (χ2v) is 7.38. The highest BCUT2D eigenvalue weighted by molar-refractivity contribution is 7.10. The van der Waals surface area contributed by atoms with Crippen molar-refractivity contribution in [2.24, 2.45) is 0 Å². The highest BCUT2D eigenvalue weighted by Gasteiger charge is 2.16. The third kappa shape index (κ3) is 5.15. The lowest BCUT2D eigenvalue weighted by molar-refractivity contribution is 0.0930. The highest BCUT2D eigenvalue weighted by Crippen LogP contribution is 2.24. The van der Waals surface area contributed by atoms with Gasteiger partial charge in [0.1, 0.15) is 11.5 Å². The van der Waals surface area contributed by atoms with Crippen LogP contribution in [-0.4, -0.2) is 47.6 Å². The number of methoxy groups -OCH3 is 2. The average molecular weight is 430 g/mol. The van der Waals surface area contributed by atoms with E-state index >= 15 is 0 Å². The molecule has 0 spiro atoms. The molecule has 1 unspecified atom stereocenters. The molecule has 158 valence electrons. The molecule has 3 rings (SSSR count). The van der Waals surface area contributed by atoms with Gasteiger partial charge in [0.05, 0.1) is 38.6 Å². The Morgan fingerprint density at radius 1 is 1.20 bits per heavy atom. The topological polar surface area (TPSA) is 107 Å². The first kappa shape index (κ1) is 21.3. The fourth-order valence-electron chi connectivity index (χ4n) is 2.76. The quantitative estimate of drug-likeness (QED) is 0.540. The fraction of sp³-hybridized carbons (Fsp3) is 0.300. The van der Waals surface area contributed by atoms with E-state index in [0.29, 0.717) is 30.2 Å². The van der Waals surface area contributed by atoms with Crippen LogP contribution in [0.5, 0.6) is 11.5 Å². The summed E-state index contributed by atoms with van der Waals surface area (Å²) in [6.45, 7) is 2.59. The van der Waals surface area contributed by atoms with E-state index in [-0.39, 0.29) is 23.6 Å². The number of carbonyl (C=O) groups is 2. The summed E-state index contributed by atoms with van der Waals surface area (Å²) < 4.78 is 11.9. The standard InChI is InChI=1S/C20H23N5O4S/c1-13(18-5-4-10-30-18)22-20(27)16-12-25(24-23-16)9-8-21-19(26)15-7-6-14(28-2)11-17(15)29-3/h4-7,10-13H,8-9H2,1-3H3,(H,21,26)(H,22,27). The van der Waals surface area contributed by atoms with Crippen LogP contribution in [0, 0.1) is 0 Å². The maximum absolute atomic E-state index is 12.4. The zero-order valence-electron chi connectivity index (χ0n) is 16.9. The van der Waals surface area contributed by atoms with Crippen LogP contribution in [-0.2, 0) is 6.54 Å². The fourth-order valence-corrected chi connectivity index (χ4v) is 3.49. The van der Waals surface area contributed by atoms with Gasteiger partial charge in [-0.25, -0.2) is 4.68 Å². The minimum atomic E-state index is -0.297. The molecule has 0 aliphatic rings. The van der Waals surface area contributed by atoms with Crippen molar-refractivity contribution in [1.29, 1.82) is 0 Å². The van der Waals surface area contributed by atoms with Gasteiger partial charge < -0.3 is 20.1 Å². The molecule has 3 aromatic rings. The molecule has 2 N–H and O–H groups in total. The Hall–Kier alpha value is -3.40. The number of rotatable bonds is 9. The first-order chi connectivity index (χ1) is 14.5. The minimum Gasteiger partial charge on any atom is -0.497 e. The molecule has 1 atom stereocenters. The predicted octanol–water partition coefficient (Wildman–Crippen LogP) is 2.28. The van der Waals surface area contributed by atoms with Gasteiger partial charge >= 0.3 is 0 Å². The Bertz CT molecular complexity index is 1000. The number of ether oxygens (including phenoxy) is 2. The molecule has 2 heterocycles. The number of benzene rings is 1. The normalized spacial score (nSPS) is 11.6. The monoisotopic (exact) mass is 429 g/mol. The van der Waals surface area contributed by atoms with E-state index < -0.39 is 0 Å². The minimum absolute atomic E-state index is 0.110. The summed E-state index contributed by atoms with van der Waals surface area (Å²) in [4.78, 5) is 25.8. The summed E-state index contributed by atoms with van der Waals surface area (Å²) in [6.07, 6.45) is 1.55. The van der Waals surface area contributed by atoms with Crippen molar-refractivity contribution in [2.45, 2.75) is 19.5 Å². The molecule has 0 saturated carbocycles. The van der Waals surface area contributed by atoms with Crippen molar-refractivity contribution in [3.8, 4) is 11.5 Å². The zero-order valence-corrected chi connectivity index (χ0v) is 17.7. The van der Waals surface area contributed by atoms with E-state index in [0.717, 1.165) is 4.88 Å². The SMILES string of the molecule is COc1ccc(C(=O)NCCn2cc(C(=O)NC(C)c3cccs3)nn2)c(OC)c1. The summed E-state index contributed by atoms with van der Waals surface area (Å²) in [5, 5.41) is 15.5. The molecule has 0 bridgehead atoms. The van der Waals surface area contributed by atoms with Crippen LogP contribution in [0.1, 0.15) is 38.7 Å². The van der Waals surface area contributed by atoms with Gasteiger partial charge in [-0.2, -0.15) is 0 Å². The number of hydrogen-bond donors (Lipinski definition) is 2. The molecule has 10 heteroatoms. The first-order valence-electron chi connectivity index (χ1n) is 9.26. The van der Waals surface area contributed by atoms with E-state index in [1.807, 2.05) is 24.4 Å². The van der Waals surface area contributed by atoms with E-state index in [9.17, 15) is 9.59 Å². The van der Waals surface area contributed by atoms with Crippen LogP contribution >= 0.6 is 11.3 Å². The van der Waals surface area contributed by atoms with Gasteiger partial charge in [-0.1, -0.05) is 11.3 Å². The summed E-state index contributed by atoms with van der Waals surface area (Å²) in [5.41, 5.74) is 0.626. The second-order valence-electron chi connectivity index (χ2n) is 6.40. The zero-order chi connectivity index (χ0) is 21.5. The predicted molar refractivity (Wildman–Crippen MR) is 112 cm³/mol. The van der Waals surface area contributed by atoms with Crippen LogP contribution < -0.4 is 20.1 Å². The average Bonchev–Trinajstić information content (AvgIpc) is 3.45. The molecular weight excluding hydrogens is 406 g/mol. The van der Waals surface area contributed by atoms with E-state index in [1.165, 1.54) is 11.8 Å². The molecule has 2 amide bonds. The second kappa shape index (κ2) is 9.88. The number of hydrogen-bond acceptors (Lipinski definition) is 7. The Kier molecular flexibility index (Phi) is 7.02. The van der Waals surface area contributed by atoms with Crippen molar-refractivity contribution < 1.29 is 19.1 Å². The number of nitrogens with zero attached hydrogens (tertiary/aromatic N) is 3. The Morgan fingerprint density at radius 2 is 2.03 bits per heavy atom. The maximum atomic E-state index is 12.4. The van der Waals surface area contributed by atoms with E-state index in [4.69, 9.17) is 9.47 Å². The number of amides is 2. The van der Waals surface area contributed by atoms with Crippen LogP contribution in [0.4, 0.5) is 0 Å². The molecule has 9 nitrogen and oxygen atoms in total. The van der Waals surface area contributed by atoms with Gasteiger partial charge in [0.25, 0.3) is 11.8 Å². The molecule has 0 radical (unpaired) electrons. The van der Waals surface area contributed by atoms with E-state index in [2.05, 4.69) is 20.9 Å². The number of thiophene rings is 1. The van der Waals surface area contributed by atoms with Crippen molar-refractivity contribution in [3.05, 3.63) is 58.0 Å². The lowest BCUT2D eigenvalue weighted by Gasteiger charge is -2.11. The number of carbonyl (C=O) groups excluding carboxylic acids is 2. The lowest BCUT2D eigenvalue weighted by Crippen LogP contribution is -2.28. The van der Waals surface area contributed by atoms with Crippen molar-refractivity contribution in [1.82, 2.24) is 25.6 Å².